The van der Waals surface area contributed by atoms with E-state index < -0.39 is 0 Å². The lowest BCUT2D eigenvalue weighted by atomic mass is 10.0. The van der Waals surface area contributed by atoms with Crippen LogP contribution in [0, 0.1) is 0 Å². The van der Waals surface area contributed by atoms with E-state index in [1.54, 1.807) is 25.6 Å². The third-order valence-corrected chi connectivity index (χ3v) is 2.58. The summed E-state index contributed by atoms with van der Waals surface area (Å²) in [5, 5.41) is 0. The summed E-state index contributed by atoms with van der Waals surface area (Å²) >= 11 is 0. The number of nitrogens with zero attached hydrogens (tertiary/aromatic N) is 1. The van der Waals surface area contributed by atoms with Gasteiger partial charge in [-0.15, -0.1) is 0 Å². The molecule has 0 bridgehead atoms. The Labute approximate surface area is 100 Å². The third kappa shape index (κ3) is 2.33. The zero-order valence-electron chi connectivity index (χ0n) is 9.81. The molecule has 0 aliphatic carbocycles. The molecule has 0 spiro atoms. The normalized spacial score (nSPS) is 10.0. The summed E-state index contributed by atoms with van der Waals surface area (Å²) in [4.78, 5) is 15.4. The van der Waals surface area contributed by atoms with Crippen LogP contribution in [-0.2, 0) is 0 Å². The molecule has 0 aliphatic heterocycles. The maximum atomic E-state index is 11.4. The molecule has 0 aliphatic rings. The topological polar surface area (TPSA) is 39.2 Å². The maximum Gasteiger partial charge on any atom is 0.163 e. The highest BCUT2D eigenvalue weighted by Gasteiger charge is 2.09. The fourth-order valence-corrected chi connectivity index (χ4v) is 1.70. The second-order valence-electron chi connectivity index (χ2n) is 3.71. The van der Waals surface area contributed by atoms with Crippen LogP contribution in [0.2, 0.25) is 0 Å². The molecule has 17 heavy (non-hydrogen) atoms. The number of aromatic nitrogens is 1. The van der Waals surface area contributed by atoms with Gasteiger partial charge in [-0.3, -0.25) is 9.78 Å². The molecule has 0 N–H and O–H groups in total. The van der Waals surface area contributed by atoms with E-state index in [0.29, 0.717) is 11.3 Å². The van der Waals surface area contributed by atoms with E-state index in [0.717, 1.165) is 11.1 Å². The van der Waals surface area contributed by atoms with E-state index in [1.807, 2.05) is 24.3 Å². The number of ether oxygens (including phenoxy) is 1. The SMILES string of the molecule is COc1cc(-c2cccnc2)ccc1C(C)=O. The Morgan fingerprint density at radius 1 is 1.24 bits per heavy atom. The highest BCUT2D eigenvalue weighted by molar-refractivity contribution is 5.97. The van der Waals surface area contributed by atoms with Gasteiger partial charge in [0.25, 0.3) is 0 Å². The molecular formula is C14H13NO2. The van der Waals surface area contributed by atoms with E-state index >= 15 is 0 Å². The summed E-state index contributed by atoms with van der Waals surface area (Å²) in [5.74, 6) is 0.596. The van der Waals surface area contributed by atoms with Crippen LogP contribution in [0.4, 0.5) is 0 Å². The lowest BCUT2D eigenvalue weighted by Crippen LogP contribution is -1.97. The minimum atomic E-state index is -0.000383. The van der Waals surface area contributed by atoms with Crippen molar-refractivity contribution in [2.45, 2.75) is 6.92 Å². The van der Waals surface area contributed by atoms with Crippen LogP contribution in [0.3, 0.4) is 0 Å². The number of hydrogen-bond acceptors (Lipinski definition) is 3. The summed E-state index contributed by atoms with van der Waals surface area (Å²) in [6, 6.07) is 9.38. The summed E-state index contributed by atoms with van der Waals surface area (Å²) in [7, 11) is 1.56. The first-order valence-electron chi connectivity index (χ1n) is 5.31. The molecule has 3 nitrogen and oxygen atoms in total. The standard InChI is InChI=1S/C14H13NO2/c1-10(16)13-6-5-11(8-14(13)17-2)12-4-3-7-15-9-12/h3-9H,1-2H3. The highest BCUT2D eigenvalue weighted by Crippen LogP contribution is 2.26. The van der Waals surface area contributed by atoms with Crippen molar-refractivity contribution in [3.05, 3.63) is 48.3 Å². The molecule has 2 aromatic rings. The minimum Gasteiger partial charge on any atom is -0.496 e. The summed E-state index contributed by atoms with van der Waals surface area (Å²) in [6.45, 7) is 1.53. The van der Waals surface area contributed by atoms with Crippen molar-refractivity contribution in [1.82, 2.24) is 4.98 Å². The van der Waals surface area contributed by atoms with Gasteiger partial charge in [0, 0.05) is 18.0 Å². The first-order valence-corrected chi connectivity index (χ1v) is 5.31. The molecule has 0 atom stereocenters. The van der Waals surface area contributed by atoms with Crippen molar-refractivity contribution in [2.75, 3.05) is 7.11 Å². The van der Waals surface area contributed by atoms with Crippen molar-refractivity contribution >= 4 is 5.78 Å². The number of methoxy groups -OCH3 is 1. The average molecular weight is 227 g/mol. The van der Waals surface area contributed by atoms with Gasteiger partial charge in [0.15, 0.2) is 5.78 Å². The van der Waals surface area contributed by atoms with Gasteiger partial charge < -0.3 is 4.74 Å². The smallest absolute Gasteiger partial charge is 0.163 e. The number of ketones is 1. The fraction of sp³-hybridized carbons (Fsp3) is 0.143. The van der Waals surface area contributed by atoms with Crippen LogP contribution in [0.15, 0.2) is 42.7 Å². The van der Waals surface area contributed by atoms with Crippen LogP contribution in [0.25, 0.3) is 11.1 Å². The highest BCUT2D eigenvalue weighted by atomic mass is 16.5. The quantitative estimate of drug-likeness (QED) is 0.757. The van der Waals surface area contributed by atoms with Crippen molar-refractivity contribution in [1.29, 1.82) is 0 Å². The molecule has 0 saturated heterocycles. The molecule has 0 saturated carbocycles. The molecule has 0 amide bonds. The minimum absolute atomic E-state index is 0.000383. The van der Waals surface area contributed by atoms with Gasteiger partial charge in [-0.05, 0) is 30.7 Å². The van der Waals surface area contributed by atoms with Crippen LogP contribution in [0.1, 0.15) is 17.3 Å². The van der Waals surface area contributed by atoms with E-state index in [4.69, 9.17) is 4.74 Å². The third-order valence-electron chi connectivity index (χ3n) is 2.58. The van der Waals surface area contributed by atoms with Gasteiger partial charge in [0.05, 0.1) is 12.7 Å². The lowest BCUT2D eigenvalue weighted by molar-refractivity contribution is 0.101. The Hall–Kier alpha value is -2.16. The average Bonchev–Trinajstić information content (AvgIpc) is 2.39. The number of benzene rings is 1. The summed E-state index contributed by atoms with van der Waals surface area (Å²) in [6.07, 6.45) is 3.51. The predicted molar refractivity (Wildman–Crippen MR) is 66.2 cm³/mol. The first kappa shape index (κ1) is 11.3. The second kappa shape index (κ2) is 4.78. The van der Waals surface area contributed by atoms with E-state index in [9.17, 15) is 4.79 Å². The van der Waals surface area contributed by atoms with E-state index in [1.165, 1.54) is 6.92 Å². The van der Waals surface area contributed by atoms with Crippen LogP contribution in [0.5, 0.6) is 5.75 Å². The van der Waals surface area contributed by atoms with E-state index in [2.05, 4.69) is 4.98 Å². The zero-order valence-corrected chi connectivity index (χ0v) is 9.81. The van der Waals surface area contributed by atoms with Gasteiger partial charge in [-0.25, -0.2) is 0 Å². The van der Waals surface area contributed by atoms with Crippen molar-refractivity contribution in [3.8, 4) is 16.9 Å². The zero-order chi connectivity index (χ0) is 12.3. The molecule has 1 aromatic heterocycles. The fourth-order valence-electron chi connectivity index (χ4n) is 1.70. The predicted octanol–water partition coefficient (Wildman–Crippen LogP) is 2.96. The Bertz CT molecular complexity index is 535. The van der Waals surface area contributed by atoms with Crippen molar-refractivity contribution in [3.63, 3.8) is 0 Å². The maximum absolute atomic E-state index is 11.4. The Morgan fingerprint density at radius 2 is 2.06 bits per heavy atom. The number of hydrogen-bond donors (Lipinski definition) is 0. The molecule has 1 heterocycles. The van der Waals surface area contributed by atoms with Gasteiger partial charge in [0.2, 0.25) is 0 Å². The van der Waals surface area contributed by atoms with Gasteiger partial charge in [-0.1, -0.05) is 12.1 Å². The molecule has 0 fully saturated rings. The van der Waals surface area contributed by atoms with Gasteiger partial charge in [0.1, 0.15) is 5.75 Å². The molecule has 1 aromatic carbocycles. The number of rotatable bonds is 3. The van der Waals surface area contributed by atoms with Crippen molar-refractivity contribution in [2.24, 2.45) is 0 Å². The first-order chi connectivity index (χ1) is 8.22. The molecule has 3 heteroatoms. The number of carbonyl (C=O) groups is 1. The molecular weight excluding hydrogens is 214 g/mol. The molecule has 86 valence electrons. The molecule has 0 radical (unpaired) electrons. The van der Waals surface area contributed by atoms with Crippen LogP contribution < -0.4 is 4.74 Å². The lowest BCUT2D eigenvalue weighted by Gasteiger charge is -2.08. The second-order valence-corrected chi connectivity index (χ2v) is 3.71. The van der Waals surface area contributed by atoms with E-state index in [-0.39, 0.29) is 5.78 Å². The Balaban J connectivity index is 2.49. The van der Waals surface area contributed by atoms with Crippen LogP contribution in [-0.4, -0.2) is 17.9 Å². The summed E-state index contributed by atoms with van der Waals surface area (Å²) < 4.78 is 5.23. The number of pyridine rings is 1. The monoisotopic (exact) mass is 227 g/mol. The Morgan fingerprint density at radius 3 is 2.65 bits per heavy atom. The number of Topliss-reactive ketones (excluding diaryl/α,β-unsaturated/α-hetero) is 1. The Kier molecular flexibility index (Phi) is 3.19. The molecule has 0 unspecified atom stereocenters. The van der Waals surface area contributed by atoms with Gasteiger partial charge in [-0.2, -0.15) is 0 Å². The summed E-state index contributed by atoms with van der Waals surface area (Å²) in [5.41, 5.74) is 2.58. The van der Waals surface area contributed by atoms with Crippen molar-refractivity contribution < 1.29 is 9.53 Å². The van der Waals surface area contributed by atoms with Crippen LogP contribution >= 0.6 is 0 Å². The van der Waals surface area contributed by atoms with Gasteiger partial charge >= 0.3 is 0 Å². The largest absolute Gasteiger partial charge is 0.496 e. The number of carbonyl (C=O) groups excluding carboxylic acids is 1. The molecule has 2 rings (SSSR count).